The Kier molecular flexibility index (Phi) is 9.09. The molecule has 0 aromatic carbocycles. The number of pyridine rings is 1. The van der Waals surface area contributed by atoms with Crippen molar-refractivity contribution in [1.29, 1.82) is 0 Å². The maximum absolute atomic E-state index is 12.8. The fourth-order valence-electron chi connectivity index (χ4n) is 1.92. The molecule has 0 saturated carbocycles. The number of rotatable bonds is 10. The maximum atomic E-state index is 12.8. The average Bonchev–Trinajstić information content (AvgIpc) is 2.70. The molecule has 6 N–H and O–H groups in total. The molecule has 1 aromatic rings. The Labute approximate surface area is 170 Å². The minimum atomic E-state index is -4.36. The molecular weight excluding hydrogens is 410 g/mol. The summed E-state index contributed by atoms with van der Waals surface area (Å²) in [4.78, 5) is 27.6. The number of carbonyl (C=O) groups is 2. The van der Waals surface area contributed by atoms with Crippen molar-refractivity contribution in [1.82, 2.24) is 10.3 Å². The standard InChI is InChI=1S/C18H23F4N5O3/c1-3-15(28)27-14-8-11(6-7-25-14)10(2)26-16(29)12(23)4-5-13(24)30-9-18(21,22)17(19)20/h4-8,10,17H,3,9,23-24H2,1-2H3,(H,26,29)(H,25,27,28)/b12-4-,13-5+. The molecule has 166 valence electrons. The Morgan fingerprint density at radius 3 is 2.57 bits per heavy atom. The number of amides is 2. The van der Waals surface area contributed by atoms with E-state index >= 15 is 0 Å². The molecule has 1 unspecified atom stereocenters. The van der Waals surface area contributed by atoms with Crippen LogP contribution in [0.4, 0.5) is 23.4 Å². The van der Waals surface area contributed by atoms with Crippen molar-refractivity contribution in [3.05, 3.63) is 47.6 Å². The lowest BCUT2D eigenvalue weighted by Crippen LogP contribution is -2.33. The molecule has 1 heterocycles. The zero-order chi connectivity index (χ0) is 22.9. The van der Waals surface area contributed by atoms with E-state index in [9.17, 15) is 27.2 Å². The first-order valence-electron chi connectivity index (χ1n) is 8.74. The molecule has 8 nitrogen and oxygen atoms in total. The summed E-state index contributed by atoms with van der Waals surface area (Å²) in [5.74, 6) is -5.59. The molecule has 0 saturated heterocycles. The number of nitrogens with one attached hydrogen (secondary N) is 2. The van der Waals surface area contributed by atoms with Gasteiger partial charge in [-0.15, -0.1) is 0 Å². The van der Waals surface area contributed by atoms with E-state index in [-0.39, 0.29) is 18.0 Å². The number of aromatic nitrogens is 1. The lowest BCUT2D eigenvalue weighted by molar-refractivity contribution is -0.158. The smallest absolute Gasteiger partial charge is 0.340 e. The molecule has 0 aliphatic rings. The van der Waals surface area contributed by atoms with Crippen molar-refractivity contribution >= 4 is 17.6 Å². The van der Waals surface area contributed by atoms with E-state index in [1.54, 1.807) is 26.0 Å². The lowest BCUT2D eigenvalue weighted by Gasteiger charge is -2.16. The van der Waals surface area contributed by atoms with E-state index in [1.807, 2.05) is 0 Å². The van der Waals surface area contributed by atoms with E-state index in [4.69, 9.17) is 11.5 Å². The van der Waals surface area contributed by atoms with E-state index in [2.05, 4.69) is 20.4 Å². The molecule has 0 spiro atoms. The molecule has 0 aliphatic carbocycles. The fraction of sp³-hybridized carbons (Fsp3) is 0.389. The summed E-state index contributed by atoms with van der Waals surface area (Å²) in [5, 5.41) is 5.17. The van der Waals surface area contributed by atoms with Gasteiger partial charge in [-0.2, -0.15) is 8.78 Å². The second-order valence-corrected chi connectivity index (χ2v) is 6.11. The first-order valence-corrected chi connectivity index (χ1v) is 8.74. The van der Waals surface area contributed by atoms with Crippen molar-refractivity contribution in [2.24, 2.45) is 11.5 Å². The van der Waals surface area contributed by atoms with Crippen LogP contribution < -0.4 is 22.1 Å². The second kappa shape index (κ2) is 11.0. The van der Waals surface area contributed by atoms with Crippen LogP contribution >= 0.6 is 0 Å². The number of hydrogen-bond acceptors (Lipinski definition) is 6. The highest BCUT2D eigenvalue weighted by Crippen LogP contribution is 2.23. The normalized spacial score (nSPS) is 13.7. The minimum absolute atomic E-state index is 0.221. The summed E-state index contributed by atoms with van der Waals surface area (Å²) in [7, 11) is 0. The fourth-order valence-corrected chi connectivity index (χ4v) is 1.92. The molecule has 0 radical (unpaired) electrons. The summed E-state index contributed by atoms with van der Waals surface area (Å²) in [6.45, 7) is 1.72. The Morgan fingerprint density at radius 1 is 1.30 bits per heavy atom. The number of carbonyl (C=O) groups excluding carboxylic acids is 2. The number of nitrogens with zero attached hydrogens (tertiary/aromatic N) is 1. The third-order valence-electron chi connectivity index (χ3n) is 3.66. The van der Waals surface area contributed by atoms with Crippen molar-refractivity contribution in [3.8, 4) is 0 Å². The largest absolute Gasteiger partial charge is 0.473 e. The third kappa shape index (κ3) is 7.97. The second-order valence-electron chi connectivity index (χ2n) is 6.11. The van der Waals surface area contributed by atoms with Crippen LogP contribution in [0.2, 0.25) is 0 Å². The van der Waals surface area contributed by atoms with Gasteiger partial charge < -0.3 is 26.8 Å². The van der Waals surface area contributed by atoms with E-state index in [0.29, 0.717) is 11.4 Å². The summed E-state index contributed by atoms with van der Waals surface area (Å²) >= 11 is 0. The molecule has 1 aromatic heterocycles. The number of allylic oxidation sites excluding steroid dienone is 2. The molecule has 30 heavy (non-hydrogen) atoms. The van der Waals surface area contributed by atoms with Gasteiger partial charge in [0.15, 0.2) is 12.5 Å². The molecule has 0 fully saturated rings. The number of hydrogen-bond donors (Lipinski definition) is 4. The Hall–Kier alpha value is -3.31. The van der Waals surface area contributed by atoms with Crippen LogP contribution in [-0.4, -0.2) is 35.8 Å². The topological polar surface area (TPSA) is 132 Å². The van der Waals surface area contributed by atoms with Gasteiger partial charge >= 0.3 is 12.3 Å². The monoisotopic (exact) mass is 433 g/mol. The zero-order valence-electron chi connectivity index (χ0n) is 16.3. The lowest BCUT2D eigenvalue weighted by atomic mass is 10.1. The first kappa shape index (κ1) is 24.7. The Morgan fingerprint density at radius 2 is 1.97 bits per heavy atom. The van der Waals surface area contributed by atoms with Gasteiger partial charge in [0.05, 0.1) is 11.7 Å². The van der Waals surface area contributed by atoms with E-state index < -0.39 is 36.8 Å². The summed E-state index contributed by atoms with van der Waals surface area (Å²) in [6, 6.07) is 2.68. The van der Waals surface area contributed by atoms with Crippen LogP contribution in [0.5, 0.6) is 0 Å². The number of ether oxygens (including phenoxy) is 1. The number of nitrogens with two attached hydrogens (primary N) is 2. The SMILES string of the molecule is CCC(=O)Nc1cc(C(C)NC(=O)/C(N)=C/C=C(\N)OCC(F)(F)C(F)F)ccn1. The highest BCUT2D eigenvalue weighted by atomic mass is 19.3. The summed E-state index contributed by atoms with van der Waals surface area (Å²) in [6.07, 6.45) is -0.288. The quantitative estimate of drug-likeness (QED) is 0.194. The average molecular weight is 433 g/mol. The molecule has 2 amide bonds. The molecule has 1 rings (SSSR count). The molecule has 12 heteroatoms. The van der Waals surface area contributed by atoms with Gasteiger partial charge in [-0.05, 0) is 36.8 Å². The highest BCUT2D eigenvalue weighted by molar-refractivity contribution is 5.93. The summed E-state index contributed by atoms with van der Waals surface area (Å²) < 4.78 is 54.0. The number of halogens is 4. The van der Waals surface area contributed by atoms with Crippen LogP contribution in [-0.2, 0) is 14.3 Å². The van der Waals surface area contributed by atoms with Crippen LogP contribution in [0.15, 0.2) is 42.1 Å². The van der Waals surface area contributed by atoms with E-state index in [0.717, 1.165) is 12.2 Å². The number of alkyl halides is 4. The van der Waals surface area contributed by atoms with Gasteiger partial charge in [0.1, 0.15) is 5.82 Å². The van der Waals surface area contributed by atoms with Crippen LogP contribution in [0.25, 0.3) is 0 Å². The van der Waals surface area contributed by atoms with Crippen LogP contribution in [0.3, 0.4) is 0 Å². The summed E-state index contributed by atoms with van der Waals surface area (Å²) in [5.41, 5.74) is 11.2. The van der Waals surface area contributed by atoms with E-state index in [1.165, 1.54) is 6.20 Å². The van der Waals surface area contributed by atoms with Gasteiger partial charge in [0.2, 0.25) is 5.91 Å². The molecule has 0 aliphatic heterocycles. The number of anilines is 1. The van der Waals surface area contributed by atoms with Gasteiger partial charge in [-0.25, -0.2) is 13.8 Å². The van der Waals surface area contributed by atoms with Crippen molar-refractivity contribution in [2.45, 2.75) is 38.7 Å². The highest BCUT2D eigenvalue weighted by Gasteiger charge is 2.41. The van der Waals surface area contributed by atoms with Crippen molar-refractivity contribution < 1.29 is 31.9 Å². The Balaban J connectivity index is 2.70. The third-order valence-corrected chi connectivity index (χ3v) is 3.66. The molecule has 1 atom stereocenters. The van der Waals surface area contributed by atoms with Crippen molar-refractivity contribution in [3.63, 3.8) is 0 Å². The van der Waals surface area contributed by atoms with Gasteiger partial charge in [-0.3, -0.25) is 9.59 Å². The predicted octanol–water partition coefficient (Wildman–Crippen LogP) is 2.17. The predicted molar refractivity (Wildman–Crippen MR) is 101 cm³/mol. The van der Waals surface area contributed by atoms with Crippen LogP contribution in [0, 0.1) is 0 Å². The Bertz CT molecular complexity index is 815. The first-order chi connectivity index (χ1) is 14.0. The molecule has 0 bridgehead atoms. The van der Waals surface area contributed by atoms with Crippen LogP contribution in [0.1, 0.15) is 31.9 Å². The van der Waals surface area contributed by atoms with Gasteiger partial charge in [-0.1, -0.05) is 6.92 Å². The molecular formula is C18H23F4N5O3. The zero-order valence-corrected chi connectivity index (χ0v) is 16.3. The van der Waals surface area contributed by atoms with Gasteiger partial charge in [0, 0.05) is 12.6 Å². The van der Waals surface area contributed by atoms with Crippen molar-refractivity contribution in [2.75, 3.05) is 11.9 Å². The minimum Gasteiger partial charge on any atom is -0.473 e. The maximum Gasteiger partial charge on any atom is 0.340 e. The van der Waals surface area contributed by atoms with Gasteiger partial charge in [0.25, 0.3) is 5.91 Å².